The van der Waals surface area contributed by atoms with Crippen LogP contribution in [0.1, 0.15) is 29.7 Å². The maximum Gasteiger partial charge on any atom is 0.220 e. The van der Waals surface area contributed by atoms with E-state index in [1.165, 1.54) is 11.1 Å². The summed E-state index contributed by atoms with van der Waals surface area (Å²) in [6, 6.07) is 8.28. The van der Waals surface area contributed by atoms with E-state index in [0.29, 0.717) is 26.1 Å². The highest BCUT2D eigenvalue weighted by atomic mass is 16.5. The molecular formula is C16H22N4O2. The van der Waals surface area contributed by atoms with E-state index < -0.39 is 0 Å². The summed E-state index contributed by atoms with van der Waals surface area (Å²) >= 11 is 0. The van der Waals surface area contributed by atoms with Gasteiger partial charge < -0.3 is 10.1 Å². The Morgan fingerprint density at radius 2 is 2.27 bits per heavy atom. The first-order valence-electron chi connectivity index (χ1n) is 7.37. The summed E-state index contributed by atoms with van der Waals surface area (Å²) in [4.78, 5) is 11.6. The van der Waals surface area contributed by atoms with Crippen LogP contribution in [0, 0.1) is 6.92 Å². The number of nitrogens with one attached hydrogen (secondary N) is 1. The fourth-order valence-electron chi connectivity index (χ4n) is 2.15. The summed E-state index contributed by atoms with van der Waals surface area (Å²) in [5, 5.41) is 11.0. The zero-order valence-electron chi connectivity index (χ0n) is 13.1. The molecule has 0 saturated carbocycles. The molecule has 1 N–H and O–H groups in total. The lowest BCUT2D eigenvalue weighted by atomic mass is 10.1. The average molecular weight is 302 g/mol. The van der Waals surface area contributed by atoms with Crippen LogP contribution in [-0.4, -0.2) is 34.6 Å². The Balaban J connectivity index is 1.80. The van der Waals surface area contributed by atoms with Gasteiger partial charge in [0.25, 0.3) is 0 Å². The van der Waals surface area contributed by atoms with E-state index >= 15 is 0 Å². The van der Waals surface area contributed by atoms with Crippen LogP contribution >= 0.6 is 0 Å². The van der Waals surface area contributed by atoms with Crippen LogP contribution in [0.5, 0.6) is 0 Å². The number of aromatic nitrogens is 3. The predicted molar refractivity (Wildman–Crippen MR) is 83.3 cm³/mol. The Morgan fingerprint density at radius 1 is 1.41 bits per heavy atom. The first-order valence-corrected chi connectivity index (χ1v) is 7.37. The molecule has 2 rings (SSSR count). The van der Waals surface area contributed by atoms with E-state index in [2.05, 4.69) is 40.8 Å². The normalized spacial score (nSPS) is 10.6. The number of carbonyl (C=O) groups excluding carboxylic acids is 1. The number of rotatable bonds is 8. The molecule has 0 saturated heterocycles. The lowest BCUT2D eigenvalue weighted by molar-refractivity contribution is -0.121. The molecule has 0 unspecified atom stereocenters. The number of methoxy groups -OCH3 is 1. The number of ether oxygens (including phenoxy) is 1. The van der Waals surface area contributed by atoms with Gasteiger partial charge in [0.15, 0.2) is 0 Å². The molecule has 0 spiro atoms. The van der Waals surface area contributed by atoms with Crippen molar-refractivity contribution in [1.82, 2.24) is 20.3 Å². The Bertz CT molecular complexity index is 610. The molecule has 1 aromatic heterocycles. The molecule has 0 aliphatic rings. The Labute approximate surface area is 130 Å². The molecule has 0 aliphatic carbocycles. The molecule has 1 amide bonds. The van der Waals surface area contributed by atoms with Crippen molar-refractivity contribution in [3.8, 4) is 0 Å². The third kappa shape index (κ3) is 5.29. The number of aryl methyl sites for hydroxylation is 1. The van der Waals surface area contributed by atoms with Gasteiger partial charge in [-0.25, -0.2) is 4.68 Å². The lowest BCUT2D eigenvalue weighted by Crippen LogP contribution is -2.22. The van der Waals surface area contributed by atoms with Gasteiger partial charge in [0.2, 0.25) is 5.91 Å². The van der Waals surface area contributed by atoms with E-state index in [4.69, 9.17) is 4.74 Å². The fraction of sp³-hybridized carbons (Fsp3) is 0.438. The number of benzene rings is 1. The smallest absolute Gasteiger partial charge is 0.220 e. The van der Waals surface area contributed by atoms with Crippen LogP contribution < -0.4 is 5.32 Å². The van der Waals surface area contributed by atoms with Crippen molar-refractivity contribution in [3.05, 3.63) is 47.3 Å². The second-order valence-electron chi connectivity index (χ2n) is 5.27. The second kappa shape index (κ2) is 8.29. The van der Waals surface area contributed by atoms with Gasteiger partial charge in [0, 0.05) is 20.1 Å². The number of carbonyl (C=O) groups is 1. The topological polar surface area (TPSA) is 69.0 Å². The highest BCUT2D eigenvalue weighted by Crippen LogP contribution is 2.06. The van der Waals surface area contributed by atoms with Crippen LogP contribution in [0.15, 0.2) is 30.5 Å². The standard InChI is InChI=1S/C16H22N4O2/c1-13-5-3-6-14(9-13)11-20-12-15(18-19-20)10-17-16(21)7-4-8-22-2/h3,5-6,9,12H,4,7-8,10-11H2,1-2H3,(H,17,21). The van der Waals surface area contributed by atoms with Gasteiger partial charge in [-0.2, -0.15) is 0 Å². The van der Waals surface area contributed by atoms with E-state index in [1.807, 2.05) is 12.3 Å². The van der Waals surface area contributed by atoms with Crippen molar-refractivity contribution in [2.24, 2.45) is 0 Å². The predicted octanol–water partition coefficient (Wildman–Crippen LogP) is 1.68. The molecular weight excluding hydrogens is 280 g/mol. The monoisotopic (exact) mass is 302 g/mol. The molecule has 6 heteroatoms. The highest BCUT2D eigenvalue weighted by molar-refractivity contribution is 5.75. The van der Waals surface area contributed by atoms with Crippen LogP contribution in [-0.2, 0) is 22.6 Å². The van der Waals surface area contributed by atoms with Crippen LogP contribution in [0.25, 0.3) is 0 Å². The molecule has 0 fully saturated rings. The Kier molecular flexibility index (Phi) is 6.09. The van der Waals surface area contributed by atoms with E-state index in [-0.39, 0.29) is 5.91 Å². The van der Waals surface area contributed by atoms with Crippen molar-refractivity contribution in [1.29, 1.82) is 0 Å². The summed E-state index contributed by atoms with van der Waals surface area (Å²) in [5.74, 6) is 0.00489. The third-order valence-corrected chi connectivity index (χ3v) is 3.23. The summed E-state index contributed by atoms with van der Waals surface area (Å²) in [5.41, 5.74) is 3.16. The van der Waals surface area contributed by atoms with Gasteiger partial charge in [0.05, 0.1) is 19.3 Å². The number of nitrogens with zero attached hydrogens (tertiary/aromatic N) is 3. The summed E-state index contributed by atoms with van der Waals surface area (Å²) in [6.45, 7) is 3.74. The summed E-state index contributed by atoms with van der Waals surface area (Å²) < 4.78 is 6.70. The largest absolute Gasteiger partial charge is 0.385 e. The molecule has 0 atom stereocenters. The molecule has 22 heavy (non-hydrogen) atoms. The molecule has 0 radical (unpaired) electrons. The number of hydrogen-bond acceptors (Lipinski definition) is 4. The second-order valence-corrected chi connectivity index (χ2v) is 5.27. The zero-order valence-corrected chi connectivity index (χ0v) is 13.1. The molecule has 0 bridgehead atoms. The van der Waals surface area contributed by atoms with E-state index in [1.54, 1.807) is 11.8 Å². The van der Waals surface area contributed by atoms with E-state index in [9.17, 15) is 4.79 Å². The molecule has 2 aromatic rings. The molecule has 1 aromatic carbocycles. The number of hydrogen-bond donors (Lipinski definition) is 1. The molecule has 118 valence electrons. The average Bonchev–Trinajstić information content (AvgIpc) is 2.93. The minimum Gasteiger partial charge on any atom is -0.385 e. The van der Waals surface area contributed by atoms with Crippen molar-refractivity contribution >= 4 is 5.91 Å². The first-order chi connectivity index (χ1) is 10.7. The highest BCUT2D eigenvalue weighted by Gasteiger charge is 2.05. The van der Waals surface area contributed by atoms with Crippen molar-refractivity contribution in [2.45, 2.75) is 32.9 Å². The van der Waals surface area contributed by atoms with Gasteiger partial charge in [0.1, 0.15) is 5.69 Å². The van der Waals surface area contributed by atoms with Crippen LogP contribution in [0.2, 0.25) is 0 Å². The van der Waals surface area contributed by atoms with Gasteiger partial charge in [-0.1, -0.05) is 35.0 Å². The maximum absolute atomic E-state index is 11.6. The minimum atomic E-state index is 0.00489. The van der Waals surface area contributed by atoms with Crippen molar-refractivity contribution in [2.75, 3.05) is 13.7 Å². The lowest BCUT2D eigenvalue weighted by Gasteiger charge is -2.03. The SMILES string of the molecule is COCCCC(=O)NCc1cn(Cc2cccc(C)c2)nn1. The third-order valence-electron chi connectivity index (χ3n) is 3.23. The van der Waals surface area contributed by atoms with Gasteiger partial charge >= 0.3 is 0 Å². The quantitative estimate of drug-likeness (QED) is 0.753. The van der Waals surface area contributed by atoms with Gasteiger partial charge in [-0.15, -0.1) is 5.10 Å². The van der Waals surface area contributed by atoms with Gasteiger partial charge in [-0.3, -0.25) is 4.79 Å². The van der Waals surface area contributed by atoms with Gasteiger partial charge in [-0.05, 0) is 18.9 Å². The maximum atomic E-state index is 11.6. The number of amides is 1. The van der Waals surface area contributed by atoms with Crippen molar-refractivity contribution in [3.63, 3.8) is 0 Å². The molecule has 6 nitrogen and oxygen atoms in total. The Hall–Kier alpha value is -2.21. The molecule has 1 heterocycles. The summed E-state index contributed by atoms with van der Waals surface area (Å²) in [6.07, 6.45) is 3.05. The first kappa shape index (κ1) is 16.2. The van der Waals surface area contributed by atoms with E-state index in [0.717, 1.165) is 12.1 Å². The summed E-state index contributed by atoms with van der Waals surface area (Å²) in [7, 11) is 1.63. The van der Waals surface area contributed by atoms with Crippen LogP contribution in [0.4, 0.5) is 0 Å². The minimum absolute atomic E-state index is 0.00489. The van der Waals surface area contributed by atoms with Crippen LogP contribution in [0.3, 0.4) is 0 Å². The molecule has 0 aliphatic heterocycles. The van der Waals surface area contributed by atoms with Crippen molar-refractivity contribution < 1.29 is 9.53 Å². The zero-order chi connectivity index (χ0) is 15.8. The fourth-order valence-corrected chi connectivity index (χ4v) is 2.15. The Morgan fingerprint density at radius 3 is 3.05 bits per heavy atom.